The van der Waals surface area contributed by atoms with E-state index in [1.165, 1.54) is 0 Å². The highest BCUT2D eigenvalue weighted by Crippen LogP contribution is 2.08. The van der Waals surface area contributed by atoms with Crippen molar-refractivity contribution in [3.63, 3.8) is 0 Å². The molecule has 1 aromatic carbocycles. The van der Waals surface area contributed by atoms with E-state index >= 15 is 0 Å². The zero-order valence-corrected chi connectivity index (χ0v) is 12.1. The number of carbonyl (C=O) groups is 1. The summed E-state index contributed by atoms with van der Waals surface area (Å²) in [6.07, 6.45) is 0.933. The number of nitrogens with one attached hydrogen (secondary N) is 2. The van der Waals surface area contributed by atoms with Gasteiger partial charge in [-0.3, -0.25) is 0 Å². The van der Waals surface area contributed by atoms with Gasteiger partial charge < -0.3 is 15.5 Å². The molecule has 0 heterocycles. The van der Waals surface area contributed by atoms with Crippen LogP contribution in [0.1, 0.15) is 25.8 Å². The maximum Gasteiger partial charge on any atom is 0.319 e. The molecule has 2 amide bonds. The molecule has 108 valence electrons. The Kier molecular flexibility index (Phi) is 7.15. The highest BCUT2D eigenvalue weighted by Gasteiger charge is 2.02. The van der Waals surface area contributed by atoms with Gasteiger partial charge in [-0.25, -0.2) is 4.79 Å². The lowest BCUT2D eigenvalue weighted by Gasteiger charge is -2.17. The van der Waals surface area contributed by atoms with Gasteiger partial charge in [0.15, 0.2) is 0 Å². The molecule has 0 spiro atoms. The number of hydrogen-bond acceptors (Lipinski definition) is 3. The SMILES string of the molecule is CCN(CC)CCCNC(=O)Nc1ccc(C#N)cc1. The van der Waals surface area contributed by atoms with Crippen LogP contribution in [0, 0.1) is 11.3 Å². The summed E-state index contributed by atoms with van der Waals surface area (Å²) in [6.45, 7) is 7.98. The molecule has 0 saturated carbocycles. The first kappa shape index (κ1) is 16.0. The Morgan fingerprint density at radius 1 is 1.25 bits per heavy atom. The van der Waals surface area contributed by atoms with Gasteiger partial charge in [-0.2, -0.15) is 5.26 Å². The molecule has 20 heavy (non-hydrogen) atoms. The summed E-state index contributed by atoms with van der Waals surface area (Å²) in [7, 11) is 0. The first-order valence-corrected chi connectivity index (χ1v) is 6.97. The number of nitriles is 1. The second-order valence-electron chi connectivity index (χ2n) is 4.45. The first-order valence-electron chi connectivity index (χ1n) is 6.97. The van der Waals surface area contributed by atoms with Gasteiger partial charge in [0.25, 0.3) is 0 Å². The molecule has 0 saturated heterocycles. The maximum atomic E-state index is 11.6. The van der Waals surface area contributed by atoms with Crippen molar-refractivity contribution < 1.29 is 4.79 Å². The number of anilines is 1. The molecule has 0 aromatic heterocycles. The van der Waals surface area contributed by atoms with E-state index in [-0.39, 0.29) is 6.03 Å². The van der Waals surface area contributed by atoms with Gasteiger partial charge in [0.2, 0.25) is 0 Å². The normalized spacial score (nSPS) is 10.1. The summed E-state index contributed by atoms with van der Waals surface area (Å²) in [5, 5.41) is 14.2. The summed E-state index contributed by atoms with van der Waals surface area (Å²) in [5.41, 5.74) is 1.26. The fourth-order valence-corrected chi connectivity index (χ4v) is 1.85. The molecule has 1 rings (SSSR count). The zero-order chi connectivity index (χ0) is 14.8. The molecule has 0 bridgehead atoms. The van der Waals surface area contributed by atoms with Crippen molar-refractivity contribution in [2.24, 2.45) is 0 Å². The Balaban J connectivity index is 2.24. The van der Waals surface area contributed by atoms with Gasteiger partial charge in [0.1, 0.15) is 0 Å². The number of rotatable bonds is 7. The number of urea groups is 1. The number of benzene rings is 1. The van der Waals surface area contributed by atoms with E-state index in [0.29, 0.717) is 17.8 Å². The smallest absolute Gasteiger partial charge is 0.319 e. The Morgan fingerprint density at radius 3 is 2.45 bits per heavy atom. The lowest BCUT2D eigenvalue weighted by atomic mass is 10.2. The molecule has 0 aliphatic rings. The minimum Gasteiger partial charge on any atom is -0.338 e. The molecular formula is C15H22N4O. The quantitative estimate of drug-likeness (QED) is 0.750. The van der Waals surface area contributed by atoms with Gasteiger partial charge in [0.05, 0.1) is 11.6 Å². The summed E-state index contributed by atoms with van der Waals surface area (Å²) >= 11 is 0. The van der Waals surface area contributed by atoms with E-state index in [1.807, 2.05) is 6.07 Å². The van der Waals surface area contributed by atoms with Crippen LogP contribution in [0.3, 0.4) is 0 Å². The predicted molar refractivity (Wildman–Crippen MR) is 80.6 cm³/mol. The third-order valence-corrected chi connectivity index (χ3v) is 3.10. The van der Waals surface area contributed by atoms with E-state index in [0.717, 1.165) is 26.1 Å². The zero-order valence-electron chi connectivity index (χ0n) is 12.1. The van der Waals surface area contributed by atoms with Gasteiger partial charge in [-0.05, 0) is 50.3 Å². The third kappa shape index (κ3) is 5.72. The van der Waals surface area contributed by atoms with Crippen molar-refractivity contribution in [1.29, 1.82) is 5.26 Å². The van der Waals surface area contributed by atoms with Crippen LogP contribution in [0.2, 0.25) is 0 Å². The van der Waals surface area contributed by atoms with Gasteiger partial charge in [0, 0.05) is 12.2 Å². The Bertz CT molecular complexity index is 446. The molecule has 0 aliphatic carbocycles. The lowest BCUT2D eigenvalue weighted by molar-refractivity contribution is 0.250. The van der Waals surface area contributed by atoms with E-state index in [1.54, 1.807) is 24.3 Å². The highest BCUT2D eigenvalue weighted by atomic mass is 16.2. The summed E-state index contributed by atoms with van der Waals surface area (Å²) < 4.78 is 0. The first-order chi connectivity index (χ1) is 9.69. The summed E-state index contributed by atoms with van der Waals surface area (Å²) in [6, 6.07) is 8.61. The molecule has 5 heteroatoms. The molecule has 0 aliphatic heterocycles. The minimum absolute atomic E-state index is 0.214. The number of hydrogen-bond donors (Lipinski definition) is 2. The van der Waals surface area contributed by atoms with Crippen molar-refractivity contribution in [3.8, 4) is 6.07 Å². The minimum atomic E-state index is -0.214. The maximum absolute atomic E-state index is 11.6. The molecule has 0 unspecified atom stereocenters. The third-order valence-electron chi connectivity index (χ3n) is 3.10. The summed E-state index contributed by atoms with van der Waals surface area (Å²) in [5.74, 6) is 0. The molecule has 0 radical (unpaired) electrons. The standard InChI is InChI=1S/C15H22N4O/c1-3-19(4-2)11-5-10-17-15(20)18-14-8-6-13(12-16)7-9-14/h6-9H,3-5,10-11H2,1-2H3,(H2,17,18,20). The van der Waals surface area contributed by atoms with E-state index in [9.17, 15) is 4.79 Å². The van der Waals surface area contributed by atoms with Gasteiger partial charge >= 0.3 is 6.03 Å². The van der Waals surface area contributed by atoms with Crippen molar-refractivity contribution in [3.05, 3.63) is 29.8 Å². The van der Waals surface area contributed by atoms with Crippen LogP contribution in [0.15, 0.2) is 24.3 Å². The monoisotopic (exact) mass is 274 g/mol. The van der Waals surface area contributed by atoms with E-state index in [4.69, 9.17) is 5.26 Å². The second-order valence-corrected chi connectivity index (χ2v) is 4.45. The van der Waals surface area contributed by atoms with Crippen LogP contribution in [0.25, 0.3) is 0 Å². The van der Waals surface area contributed by atoms with Crippen molar-refractivity contribution in [1.82, 2.24) is 10.2 Å². The van der Waals surface area contributed by atoms with Crippen molar-refractivity contribution in [2.45, 2.75) is 20.3 Å². The average molecular weight is 274 g/mol. The molecule has 5 nitrogen and oxygen atoms in total. The molecule has 0 fully saturated rings. The van der Waals surface area contributed by atoms with E-state index in [2.05, 4.69) is 29.4 Å². The average Bonchev–Trinajstić information content (AvgIpc) is 2.48. The van der Waals surface area contributed by atoms with Crippen LogP contribution in [-0.2, 0) is 0 Å². The van der Waals surface area contributed by atoms with Crippen LogP contribution >= 0.6 is 0 Å². The van der Waals surface area contributed by atoms with Gasteiger partial charge in [-0.15, -0.1) is 0 Å². The summed E-state index contributed by atoms with van der Waals surface area (Å²) in [4.78, 5) is 14.0. The van der Waals surface area contributed by atoms with E-state index < -0.39 is 0 Å². The van der Waals surface area contributed by atoms with Crippen LogP contribution in [0.5, 0.6) is 0 Å². The van der Waals surface area contributed by atoms with Crippen molar-refractivity contribution in [2.75, 3.05) is 31.5 Å². The highest BCUT2D eigenvalue weighted by molar-refractivity contribution is 5.89. The number of amides is 2. The van der Waals surface area contributed by atoms with Crippen molar-refractivity contribution >= 4 is 11.7 Å². The molecule has 2 N–H and O–H groups in total. The number of nitrogens with zero attached hydrogens (tertiary/aromatic N) is 2. The predicted octanol–water partition coefficient (Wildman–Crippen LogP) is 2.41. The Morgan fingerprint density at radius 2 is 1.90 bits per heavy atom. The Labute approximate surface area is 120 Å². The molecule has 1 aromatic rings. The lowest BCUT2D eigenvalue weighted by Crippen LogP contribution is -2.32. The van der Waals surface area contributed by atoms with Crippen LogP contribution in [-0.4, -0.2) is 37.1 Å². The molecule has 0 atom stereocenters. The van der Waals surface area contributed by atoms with Crippen LogP contribution < -0.4 is 10.6 Å². The van der Waals surface area contributed by atoms with Crippen LogP contribution in [0.4, 0.5) is 10.5 Å². The fraction of sp³-hybridized carbons (Fsp3) is 0.467. The van der Waals surface area contributed by atoms with Gasteiger partial charge in [-0.1, -0.05) is 13.8 Å². The Hall–Kier alpha value is -2.06. The molecular weight excluding hydrogens is 252 g/mol. The second kappa shape index (κ2) is 8.94. The fourth-order valence-electron chi connectivity index (χ4n) is 1.85. The number of carbonyl (C=O) groups excluding carboxylic acids is 1. The largest absolute Gasteiger partial charge is 0.338 e. The topological polar surface area (TPSA) is 68.2 Å².